The number of ether oxygens (including phenoxy) is 1. The molecule has 0 unspecified atom stereocenters. The first-order chi connectivity index (χ1) is 26.1. The van der Waals surface area contributed by atoms with Crippen LogP contribution in [0.15, 0.2) is 152 Å². The Morgan fingerprint density at radius 2 is 1.25 bits per heavy atom. The van der Waals surface area contributed by atoms with E-state index in [1.807, 2.05) is 91.4 Å². The summed E-state index contributed by atoms with van der Waals surface area (Å²) in [6.07, 6.45) is 7.51. The normalized spacial score (nSPS) is 12.8. The van der Waals surface area contributed by atoms with Crippen molar-refractivity contribution in [3.8, 4) is 11.1 Å². The third-order valence-electron chi connectivity index (χ3n) is 10.3. The van der Waals surface area contributed by atoms with E-state index in [9.17, 15) is 9.59 Å². The van der Waals surface area contributed by atoms with Crippen LogP contribution in [0.5, 0.6) is 0 Å². The minimum Gasteiger partial charge on any atom is -0.449 e. The van der Waals surface area contributed by atoms with Gasteiger partial charge in [-0.15, -0.1) is 0 Å². The monoisotopic (exact) mass is 702 g/mol. The van der Waals surface area contributed by atoms with Crippen molar-refractivity contribution < 1.29 is 14.3 Å². The molecule has 6 aromatic rings. The van der Waals surface area contributed by atoms with Crippen molar-refractivity contribution in [3.05, 3.63) is 186 Å². The number of carbonyl (C=O) groups is 2. The van der Waals surface area contributed by atoms with Crippen molar-refractivity contribution in [2.45, 2.75) is 56.5 Å². The standard InChI is InChI=1S/C46H46N4O3/c1-2-3-4-18-29-47-44(51)43(49-45(52)53-32-42-40-27-16-14-25-38(40)39-26-15-17-28-41(39)42)30-37-31-50(33-48-37)46(34-19-8-5-9-20-34,35-21-10-6-11-22-35)36-23-12-7-13-24-36/h5-17,19-28,31,33,42-43H,2-4,18,29-30,32H2,1H3,(H,47,51)(H,49,52)/t43-/m0/s1. The van der Waals surface area contributed by atoms with Gasteiger partial charge in [0.1, 0.15) is 18.2 Å². The van der Waals surface area contributed by atoms with Gasteiger partial charge in [0.15, 0.2) is 0 Å². The maximum Gasteiger partial charge on any atom is 0.407 e. The summed E-state index contributed by atoms with van der Waals surface area (Å²) in [7, 11) is 0. The topological polar surface area (TPSA) is 85.3 Å². The predicted molar refractivity (Wildman–Crippen MR) is 210 cm³/mol. The Balaban J connectivity index is 1.16. The van der Waals surface area contributed by atoms with Gasteiger partial charge in [-0.2, -0.15) is 0 Å². The molecule has 1 aliphatic rings. The van der Waals surface area contributed by atoms with E-state index < -0.39 is 17.7 Å². The Morgan fingerprint density at radius 1 is 0.717 bits per heavy atom. The maximum atomic E-state index is 13.8. The highest BCUT2D eigenvalue weighted by Gasteiger charge is 2.39. The number of nitrogens with zero attached hydrogens (tertiary/aromatic N) is 2. The number of imidazole rings is 1. The minimum atomic E-state index is -0.889. The highest BCUT2D eigenvalue weighted by molar-refractivity contribution is 5.86. The highest BCUT2D eigenvalue weighted by Crippen LogP contribution is 2.44. The second kappa shape index (κ2) is 16.6. The molecule has 0 saturated carbocycles. The number of rotatable bonds is 15. The molecule has 0 saturated heterocycles. The zero-order valence-corrected chi connectivity index (χ0v) is 30.2. The average Bonchev–Trinajstić information content (AvgIpc) is 3.81. The van der Waals surface area contributed by atoms with Crippen LogP contribution in [-0.4, -0.2) is 40.7 Å². The van der Waals surface area contributed by atoms with E-state index in [1.54, 1.807) is 0 Å². The Bertz CT molecular complexity index is 1970. The molecule has 1 aliphatic carbocycles. The van der Waals surface area contributed by atoms with Crippen LogP contribution in [0.4, 0.5) is 4.79 Å². The molecule has 0 bridgehead atoms. The first kappa shape index (κ1) is 35.5. The minimum absolute atomic E-state index is 0.0863. The molecule has 2 amide bonds. The molecule has 2 N–H and O–H groups in total. The first-order valence-electron chi connectivity index (χ1n) is 18.7. The molecule has 0 radical (unpaired) electrons. The van der Waals surface area contributed by atoms with Crippen LogP contribution in [0.2, 0.25) is 0 Å². The molecular formula is C46H46N4O3. The molecule has 1 atom stereocenters. The van der Waals surface area contributed by atoms with Crippen LogP contribution in [-0.2, 0) is 21.5 Å². The van der Waals surface area contributed by atoms with Gasteiger partial charge in [0.25, 0.3) is 0 Å². The Hall–Kier alpha value is -5.95. The molecule has 7 heteroatoms. The molecule has 1 heterocycles. The SMILES string of the molecule is CCCCCCNC(=O)[C@H](Cc1cn(C(c2ccccc2)(c2ccccc2)c2ccccc2)cn1)NC(=O)OCC1c2ccccc2-c2ccccc21. The number of hydrogen-bond donors (Lipinski definition) is 2. The molecule has 53 heavy (non-hydrogen) atoms. The fraction of sp³-hybridized carbons (Fsp3) is 0.239. The highest BCUT2D eigenvalue weighted by atomic mass is 16.5. The van der Waals surface area contributed by atoms with Crippen molar-refractivity contribution in [2.75, 3.05) is 13.2 Å². The van der Waals surface area contributed by atoms with Crippen LogP contribution in [0.1, 0.15) is 72.0 Å². The van der Waals surface area contributed by atoms with E-state index in [0.29, 0.717) is 12.2 Å². The predicted octanol–water partition coefficient (Wildman–Crippen LogP) is 8.87. The summed E-state index contributed by atoms with van der Waals surface area (Å²) in [5.74, 6) is -0.346. The summed E-state index contributed by atoms with van der Waals surface area (Å²) in [5.41, 5.74) is 7.71. The van der Waals surface area contributed by atoms with Crippen LogP contribution in [0, 0.1) is 0 Å². The van der Waals surface area contributed by atoms with Crippen molar-refractivity contribution >= 4 is 12.0 Å². The third-order valence-corrected chi connectivity index (χ3v) is 10.3. The lowest BCUT2D eigenvalue weighted by molar-refractivity contribution is -0.123. The van der Waals surface area contributed by atoms with Gasteiger partial charge in [0.05, 0.1) is 12.0 Å². The molecule has 0 aliphatic heterocycles. The summed E-state index contributed by atoms with van der Waals surface area (Å²) in [6, 6.07) is 46.7. The number of benzene rings is 5. The van der Waals surface area contributed by atoms with E-state index in [-0.39, 0.29) is 24.9 Å². The molecule has 7 rings (SSSR count). The number of alkyl carbamates (subject to hydrolysis) is 1. The van der Waals surface area contributed by atoms with Gasteiger partial charge in [-0.25, -0.2) is 9.78 Å². The summed E-state index contributed by atoms with van der Waals surface area (Å²) in [5, 5.41) is 5.97. The molecule has 1 aromatic heterocycles. The van der Waals surface area contributed by atoms with E-state index >= 15 is 0 Å². The number of aromatic nitrogens is 2. The Kier molecular flexibility index (Phi) is 11.1. The van der Waals surface area contributed by atoms with Crippen molar-refractivity contribution in [2.24, 2.45) is 0 Å². The van der Waals surface area contributed by atoms with Gasteiger partial charge in [0.2, 0.25) is 5.91 Å². The van der Waals surface area contributed by atoms with Gasteiger partial charge in [-0.3, -0.25) is 4.79 Å². The van der Waals surface area contributed by atoms with Crippen molar-refractivity contribution in [1.82, 2.24) is 20.2 Å². The number of carbonyl (C=O) groups excluding carboxylic acids is 2. The zero-order chi connectivity index (χ0) is 36.5. The van der Waals surface area contributed by atoms with E-state index in [1.165, 1.54) is 0 Å². The third kappa shape index (κ3) is 7.51. The lowest BCUT2D eigenvalue weighted by Gasteiger charge is -2.37. The smallest absolute Gasteiger partial charge is 0.407 e. The molecule has 7 nitrogen and oxygen atoms in total. The molecular weight excluding hydrogens is 657 g/mol. The van der Waals surface area contributed by atoms with Crippen LogP contribution >= 0.6 is 0 Å². The maximum absolute atomic E-state index is 13.8. The molecule has 0 fully saturated rings. The first-order valence-corrected chi connectivity index (χ1v) is 18.7. The Labute approximate surface area is 312 Å². The fourth-order valence-electron chi connectivity index (χ4n) is 7.73. The van der Waals surface area contributed by atoms with E-state index in [2.05, 4.69) is 82.8 Å². The fourth-order valence-corrected chi connectivity index (χ4v) is 7.73. The number of fused-ring (bicyclic) bond motifs is 3. The Morgan fingerprint density at radius 3 is 1.79 bits per heavy atom. The molecule has 0 spiro atoms. The quantitative estimate of drug-likeness (QED) is 0.0827. The number of hydrogen-bond acceptors (Lipinski definition) is 4. The van der Waals surface area contributed by atoms with Crippen LogP contribution < -0.4 is 10.6 Å². The summed E-state index contributed by atoms with van der Waals surface area (Å²) >= 11 is 0. The summed E-state index contributed by atoms with van der Waals surface area (Å²) < 4.78 is 8.01. The average molecular weight is 703 g/mol. The lowest BCUT2D eigenvalue weighted by atomic mass is 9.77. The number of nitrogens with one attached hydrogen (secondary N) is 2. The van der Waals surface area contributed by atoms with Crippen molar-refractivity contribution in [1.29, 1.82) is 0 Å². The largest absolute Gasteiger partial charge is 0.449 e. The number of unbranched alkanes of at least 4 members (excludes halogenated alkanes) is 3. The van der Waals surface area contributed by atoms with Crippen LogP contribution in [0.3, 0.4) is 0 Å². The van der Waals surface area contributed by atoms with Gasteiger partial charge in [0, 0.05) is 25.1 Å². The van der Waals surface area contributed by atoms with Gasteiger partial charge < -0.3 is 19.9 Å². The molecule has 5 aromatic carbocycles. The summed E-state index contributed by atoms with van der Waals surface area (Å²) in [4.78, 5) is 32.1. The van der Waals surface area contributed by atoms with Gasteiger partial charge in [-0.1, -0.05) is 166 Å². The van der Waals surface area contributed by atoms with Crippen molar-refractivity contribution in [3.63, 3.8) is 0 Å². The second-order valence-corrected chi connectivity index (χ2v) is 13.7. The van der Waals surface area contributed by atoms with Gasteiger partial charge >= 0.3 is 6.09 Å². The summed E-state index contributed by atoms with van der Waals surface area (Å²) in [6.45, 7) is 2.86. The van der Waals surface area contributed by atoms with E-state index in [0.717, 1.165) is 64.6 Å². The van der Waals surface area contributed by atoms with E-state index in [4.69, 9.17) is 9.72 Å². The van der Waals surface area contributed by atoms with Crippen LogP contribution in [0.25, 0.3) is 11.1 Å². The second-order valence-electron chi connectivity index (χ2n) is 13.7. The number of amides is 2. The zero-order valence-electron chi connectivity index (χ0n) is 30.2. The molecule has 268 valence electrons. The van der Waals surface area contributed by atoms with Gasteiger partial charge in [-0.05, 0) is 45.4 Å². The lowest BCUT2D eigenvalue weighted by Crippen LogP contribution is -2.48.